The van der Waals surface area contributed by atoms with Crippen molar-refractivity contribution in [3.8, 4) is 11.4 Å². The minimum absolute atomic E-state index is 0.00752. The number of aromatic nitrogens is 2. The molecular weight excluding hydrogens is 327 g/mol. The summed E-state index contributed by atoms with van der Waals surface area (Å²) in [5.41, 5.74) is 0.0337. The van der Waals surface area contributed by atoms with Crippen molar-refractivity contribution in [1.29, 1.82) is 0 Å². The number of carbonyl (C=O) groups is 1. The van der Waals surface area contributed by atoms with Crippen LogP contribution >= 0.6 is 15.9 Å². The van der Waals surface area contributed by atoms with E-state index < -0.39 is 11.2 Å². The molecule has 0 N–H and O–H groups in total. The average molecular weight is 341 g/mol. The zero-order valence-corrected chi connectivity index (χ0v) is 13.0. The van der Waals surface area contributed by atoms with Crippen molar-refractivity contribution in [3.63, 3.8) is 0 Å². The Kier molecular flexibility index (Phi) is 4.04. The first-order chi connectivity index (χ1) is 9.25. The van der Waals surface area contributed by atoms with Gasteiger partial charge in [-0.15, -0.1) is 0 Å². The molecule has 0 radical (unpaired) electrons. The molecule has 0 fully saturated rings. The van der Waals surface area contributed by atoms with Gasteiger partial charge in [0.05, 0.1) is 6.42 Å². The van der Waals surface area contributed by atoms with E-state index >= 15 is 0 Å². The van der Waals surface area contributed by atoms with Gasteiger partial charge >= 0.3 is 0 Å². The zero-order valence-electron chi connectivity index (χ0n) is 11.4. The van der Waals surface area contributed by atoms with Crippen molar-refractivity contribution in [1.82, 2.24) is 10.1 Å². The van der Waals surface area contributed by atoms with Crippen molar-refractivity contribution < 1.29 is 13.7 Å². The Hall–Kier alpha value is -1.56. The van der Waals surface area contributed by atoms with E-state index in [9.17, 15) is 9.18 Å². The molecule has 0 atom stereocenters. The van der Waals surface area contributed by atoms with Crippen molar-refractivity contribution >= 4 is 21.7 Å². The van der Waals surface area contributed by atoms with Crippen LogP contribution in [0.15, 0.2) is 27.2 Å². The van der Waals surface area contributed by atoms with Gasteiger partial charge < -0.3 is 4.52 Å². The number of hydrogen-bond acceptors (Lipinski definition) is 4. The van der Waals surface area contributed by atoms with E-state index in [1.807, 2.05) is 20.8 Å². The van der Waals surface area contributed by atoms with Crippen molar-refractivity contribution in [3.05, 3.63) is 34.4 Å². The number of nitrogens with zero attached hydrogens (tertiary/aromatic N) is 2. The Bertz CT molecular complexity index is 627. The third-order valence-electron chi connectivity index (χ3n) is 2.74. The van der Waals surface area contributed by atoms with Gasteiger partial charge in [-0.2, -0.15) is 4.98 Å². The predicted octanol–water partition coefficient (Wildman–Crippen LogP) is 3.80. The molecule has 0 spiro atoms. The molecule has 20 heavy (non-hydrogen) atoms. The maximum atomic E-state index is 13.3. The zero-order chi connectivity index (χ0) is 14.9. The molecule has 0 saturated heterocycles. The fourth-order valence-electron chi connectivity index (χ4n) is 1.53. The molecule has 0 unspecified atom stereocenters. The molecule has 0 aliphatic heterocycles. The highest BCUT2D eigenvalue weighted by atomic mass is 79.9. The van der Waals surface area contributed by atoms with Crippen LogP contribution in [0, 0.1) is 11.2 Å². The fourth-order valence-corrected chi connectivity index (χ4v) is 1.99. The van der Waals surface area contributed by atoms with E-state index in [1.54, 1.807) is 6.07 Å². The third-order valence-corrected chi connectivity index (χ3v) is 3.19. The lowest BCUT2D eigenvalue weighted by molar-refractivity contribution is -0.125. The summed E-state index contributed by atoms with van der Waals surface area (Å²) in [6.07, 6.45) is 0.0764. The monoisotopic (exact) mass is 340 g/mol. The molecule has 2 rings (SSSR count). The first-order valence-corrected chi connectivity index (χ1v) is 6.87. The Morgan fingerprint density at radius 2 is 2.05 bits per heavy atom. The SMILES string of the molecule is CC(C)(C)C(=O)Cc1nc(-c2cc(F)cc(Br)c2)no1. The topological polar surface area (TPSA) is 56.0 Å². The van der Waals surface area contributed by atoms with Gasteiger partial charge in [-0.05, 0) is 18.2 Å². The molecule has 1 heterocycles. The minimum Gasteiger partial charge on any atom is -0.339 e. The van der Waals surface area contributed by atoms with Crippen LogP contribution in [-0.4, -0.2) is 15.9 Å². The van der Waals surface area contributed by atoms with E-state index in [-0.39, 0.29) is 23.9 Å². The summed E-state index contributed by atoms with van der Waals surface area (Å²) in [4.78, 5) is 16.0. The maximum absolute atomic E-state index is 13.3. The van der Waals surface area contributed by atoms with E-state index in [4.69, 9.17) is 4.52 Å². The first-order valence-electron chi connectivity index (χ1n) is 6.08. The highest BCUT2D eigenvalue weighted by molar-refractivity contribution is 9.10. The van der Waals surface area contributed by atoms with E-state index in [0.717, 1.165) is 0 Å². The molecule has 1 aromatic carbocycles. The van der Waals surface area contributed by atoms with E-state index in [1.165, 1.54) is 12.1 Å². The lowest BCUT2D eigenvalue weighted by atomic mass is 9.89. The molecule has 1 aromatic heterocycles. The van der Waals surface area contributed by atoms with E-state index in [0.29, 0.717) is 10.0 Å². The third kappa shape index (κ3) is 3.50. The molecule has 0 bridgehead atoms. The Labute approximate surface area is 124 Å². The highest BCUT2D eigenvalue weighted by Gasteiger charge is 2.24. The highest BCUT2D eigenvalue weighted by Crippen LogP contribution is 2.23. The lowest BCUT2D eigenvalue weighted by Crippen LogP contribution is -2.22. The van der Waals surface area contributed by atoms with Crippen LogP contribution in [0.1, 0.15) is 26.7 Å². The molecule has 0 aliphatic carbocycles. The van der Waals surface area contributed by atoms with Crippen LogP contribution in [0.5, 0.6) is 0 Å². The smallest absolute Gasteiger partial charge is 0.234 e. The number of Topliss-reactive ketones (excluding diaryl/α,β-unsaturated/α-hetero) is 1. The van der Waals surface area contributed by atoms with Gasteiger partial charge in [0.15, 0.2) is 0 Å². The molecule has 0 aliphatic rings. The Morgan fingerprint density at radius 3 is 2.65 bits per heavy atom. The molecule has 2 aromatic rings. The molecule has 0 amide bonds. The van der Waals surface area contributed by atoms with Crippen LogP contribution in [-0.2, 0) is 11.2 Å². The number of ketones is 1. The van der Waals surface area contributed by atoms with Crippen molar-refractivity contribution in [2.75, 3.05) is 0 Å². The van der Waals surface area contributed by atoms with Gasteiger partial charge in [-0.1, -0.05) is 41.9 Å². The Balaban J connectivity index is 2.23. The molecule has 106 valence electrons. The molecule has 4 nitrogen and oxygen atoms in total. The normalized spacial score (nSPS) is 11.7. The quantitative estimate of drug-likeness (QED) is 0.852. The summed E-state index contributed by atoms with van der Waals surface area (Å²) < 4.78 is 18.9. The standard InChI is InChI=1S/C14H14BrFN2O2/c1-14(2,3)11(19)7-12-17-13(18-20-12)8-4-9(15)6-10(16)5-8/h4-6H,7H2,1-3H3. The van der Waals surface area contributed by atoms with Crippen molar-refractivity contribution in [2.24, 2.45) is 5.41 Å². The van der Waals surface area contributed by atoms with Gasteiger partial charge in [-0.3, -0.25) is 4.79 Å². The fraction of sp³-hybridized carbons (Fsp3) is 0.357. The summed E-state index contributed by atoms with van der Waals surface area (Å²) in [5, 5.41) is 3.78. The molecule has 0 saturated carbocycles. The van der Waals surface area contributed by atoms with Crippen LogP contribution in [0.25, 0.3) is 11.4 Å². The molecular formula is C14H14BrFN2O2. The number of carbonyl (C=O) groups excluding carboxylic acids is 1. The van der Waals surface area contributed by atoms with Gasteiger partial charge in [-0.25, -0.2) is 4.39 Å². The number of hydrogen-bond donors (Lipinski definition) is 0. The number of halogens is 2. The summed E-state index contributed by atoms with van der Waals surface area (Å²) in [7, 11) is 0. The van der Waals surface area contributed by atoms with Crippen molar-refractivity contribution in [2.45, 2.75) is 27.2 Å². The minimum atomic E-state index is -0.462. The average Bonchev–Trinajstić information content (AvgIpc) is 2.75. The summed E-state index contributed by atoms with van der Waals surface area (Å²) >= 11 is 3.20. The Morgan fingerprint density at radius 1 is 1.35 bits per heavy atom. The van der Waals surface area contributed by atoms with Gasteiger partial charge in [0.25, 0.3) is 0 Å². The second-order valence-corrected chi connectivity index (χ2v) is 6.44. The predicted molar refractivity (Wildman–Crippen MR) is 75.6 cm³/mol. The summed E-state index contributed by atoms with van der Waals surface area (Å²) in [6.45, 7) is 5.49. The second kappa shape index (κ2) is 5.44. The molecule has 6 heteroatoms. The summed E-state index contributed by atoms with van der Waals surface area (Å²) in [6, 6.07) is 4.34. The van der Waals surface area contributed by atoms with Crippen LogP contribution < -0.4 is 0 Å². The van der Waals surface area contributed by atoms with E-state index in [2.05, 4.69) is 26.1 Å². The lowest BCUT2D eigenvalue weighted by Gasteiger charge is -2.14. The maximum Gasteiger partial charge on any atom is 0.234 e. The van der Waals surface area contributed by atoms with Gasteiger partial charge in [0.1, 0.15) is 11.6 Å². The van der Waals surface area contributed by atoms with Gasteiger partial charge in [0, 0.05) is 15.5 Å². The van der Waals surface area contributed by atoms with Crippen LogP contribution in [0.4, 0.5) is 4.39 Å². The van der Waals surface area contributed by atoms with Crippen LogP contribution in [0.2, 0.25) is 0 Å². The summed E-state index contributed by atoms with van der Waals surface area (Å²) in [5.74, 6) is 0.113. The number of rotatable bonds is 3. The second-order valence-electron chi connectivity index (χ2n) is 5.52. The largest absolute Gasteiger partial charge is 0.339 e. The number of benzene rings is 1. The van der Waals surface area contributed by atoms with Gasteiger partial charge in [0.2, 0.25) is 11.7 Å². The first kappa shape index (κ1) is 14.8. The van der Waals surface area contributed by atoms with Crippen LogP contribution in [0.3, 0.4) is 0 Å².